The third kappa shape index (κ3) is 4.02. The molecule has 0 radical (unpaired) electrons. The Morgan fingerprint density at radius 1 is 1.25 bits per heavy atom. The van der Waals surface area contributed by atoms with E-state index in [4.69, 9.17) is 11.6 Å². The number of para-hydroxylation sites is 1. The number of nitrogens with one attached hydrogen (secondary N) is 1. The number of benzene rings is 2. The molecule has 3 aliphatic rings. The van der Waals surface area contributed by atoms with E-state index in [0.717, 1.165) is 18.4 Å². The number of fused-ring (bicyclic) bond motifs is 2. The Balaban J connectivity index is 1.43. The fraction of sp³-hybridized carbons (Fsp3) is 0.407. The number of likely N-dealkylation sites (tertiary alicyclic amines) is 1. The van der Waals surface area contributed by atoms with E-state index in [1.165, 1.54) is 16.8 Å². The molecule has 8 nitrogen and oxygen atoms in total. The molecule has 9 heteroatoms. The van der Waals surface area contributed by atoms with Gasteiger partial charge in [-0.2, -0.15) is 5.26 Å². The second-order valence-electron chi connectivity index (χ2n) is 9.97. The van der Waals surface area contributed by atoms with Crippen LogP contribution in [-0.4, -0.2) is 58.3 Å². The molecule has 0 unspecified atom stereocenters. The molecule has 2 fully saturated rings. The van der Waals surface area contributed by atoms with Gasteiger partial charge >= 0.3 is 0 Å². The Morgan fingerprint density at radius 2 is 1.94 bits per heavy atom. The van der Waals surface area contributed by atoms with Crippen LogP contribution >= 0.6 is 11.6 Å². The number of carbonyl (C=O) groups excluding carboxylic acids is 3. The van der Waals surface area contributed by atoms with Crippen molar-refractivity contribution >= 4 is 35.0 Å². The maximum Gasteiger partial charge on any atom is 0.256 e. The number of anilines is 1. The zero-order valence-corrected chi connectivity index (χ0v) is 20.6. The van der Waals surface area contributed by atoms with Gasteiger partial charge in [0.05, 0.1) is 11.5 Å². The highest BCUT2D eigenvalue weighted by atomic mass is 35.5. The van der Waals surface area contributed by atoms with E-state index in [9.17, 15) is 24.8 Å². The normalized spacial score (nSPS) is 24.1. The number of halogens is 1. The van der Waals surface area contributed by atoms with Gasteiger partial charge in [-0.1, -0.05) is 60.8 Å². The number of amides is 3. The molecule has 4 atom stereocenters. The molecular formula is C27H27ClN4O4. The molecule has 5 rings (SSSR count). The summed E-state index contributed by atoms with van der Waals surface area (Å²) in [6.07, 6.45) is 1.01. The first-order valence-corrected chi connectivity index (χ1v) is 12.4. The van der Waals surface area contributed by atoms with E-state index in [2.05, 4.69) is 11.4 Å². The number of likely N-dealkylation sites (N-methyl/N-ethyl adjacent to an activating group) is 1. The number of hydrogen-bond donors (Lipinski definition) is 2. The van der Waals surface area contributed by atoms with Crippen molar-refractivity contribution in [2.24, 2.45) is 5.92 Å². The third-order valence-corrected chi connectivity index (χ3v) is 8.05. The first-order chi connectivity index (χ1) is 17.3. The van der Waals surface area contributed by atoms with E-state index < -0.39 is 29.5 Å². The first kappa shape index (κ1) is 24.3. The van der Waals surface area contributed by atoms with Gasteiger partial charge in [0.25, 0.3) is 5.91 Å². The number of nitrogens with zero attached hydrogens (tertiary/aromatic N) is 3. The number of aliphatic hydroxyl groups excluding tert-OH is 1. The van der Waals surface area contributed by atoms with Gasteiger partial charge in [-0.3, -0.25) is 14.4 Å². The summed E-state index contributed by atoms with van der Waals surface area (Å²) in [7, 11) is 1.50. The van der Waals surface area contributed by atoms with Crippen LogP contribution in [0.3, 0.4) is 0 Å². The second kappa shape index (κ2) is 9.23. The molecule has 2 aromatic rings. The molecule has 1 aliphatic carbocycles. The van der Waals surface area contributed by atoms with Gasteiger partial charge in [0.2, 0.25) is 11.8 Å². The quantitative estimate of drug-likeness (QED) is 0.625. The van der Waals surface area contributed by atoms with E-state index >= 15 is 0 Å². The molecule has 3 amide bonds. The lowest BCUT2D eigenvalue weighted by atomic mass is 9.80. The molecule has 1 saturated heterocycles. The van der Waals surface area contributed by atoms with Crippen LogP contribution in [0, 0.1) is 17.2 Å². The molecule has 2 aromatic carbocycles. The Bertz CT molecular complexity index is 1270. The Morgan fingerprint density at radius 3 is 2.64 bits per heavy atom. The molecular weight excluding hydrogens is 480 g/mol. The number of carbonyl (C=O) groups is 3. The zero-order chi connectivity index (χ0) is 25.6. The fourth-order valence-corrected chi connectivity index (χ4v) is 5.69. The van der Waals surface area contributed by atoms with Crippen LogP contribution in [-0.2, 0) is 19.8 Å². The molecule has 2 N–H and O–H groups in total. The minimum Gasteiger partial charge on any atom is -0.378 e. The summed E-state index contributed by atoms with van der Waals surface area (Å²) < 4.78 is 0. The fourth-order valence-electron chi connectivity index (χ4n) is 5.45. The maximum atomic E-state index is 14.0. The highest BCUT2D eigenvalue weighted by Crippen LogP contribution is 2.47. The number of rotatable bonds is 6. The summed E-state index contributed by atoms with van der Waals surface area (Å²) in [6.45, 7) is 0.0587. The molecule has 2 aliphatic heterocycles. The highest BCUT2D eigenvalue weighted by Gasteiger charge is 2.57. The second-order valence-corrected chi connectivity index (χ2v) is 10.4. The zero-order valence-electron chi connectivity index (χ0n) is 19.9. The minimum absolute atomic E-state index is 0.0587. The van der Waals surface area contributed by atoms with Crippen molar-refractivity contribution in [1.29, 1.82) is 5.26 Å². The van der Waals surface area contributed by atoms with Gasteiger partial charge < -0.3 is 20.2 Å². The minimum atomic E-state index is -1.53. The van der Waals surface area contributed by atoms with Crippen molar-refractivity contribution in [2.45, 2.75) is 49.3 Å². The van der Waals surface area contributed by atoms with E-state index in [1.54, 1.807) is 24.3 Å². The summed E-state index contributed by atoms with van der Waals surface area (Å²) >= 11 is 6.19. The van der Waals surface area contributed by atoms with Gasteiger partial charge in [-0.15, -0.1) is 0 Å². The first-order valence-electron chi connectivity index (χ1n) is 12.1. The highest BCUT2D eigenvalue weighted by molar-refractivity contribution is 6.31. The SMILES string of the molecule is CN(C(=O)[C@H](O)c1ccccc1Cl)[C@@H](CC1CC1)C(=O)N1C[C@]2(C[C@H]1C#N)C(=O)Nc1ccccc12. The lowest BCUT2D eigenvalue weighted by molar-refractivity contribution is -0.150. The monoisotopic (exact) mass is 506 g/mol. The summed E-state index contributed by atoms with van der Waals surface area (Å²) in [4.78, 5) is 43.1. The molecule has 1 spiro atoms. The lowest BCUT2D eigenvalue weighted by Crippen LogP contribution is -2.52. The summed E-state index contributed by atoms with van der Waals surface area (Å²) in [6, 6.07) is 14.4. The smallest absolute Gasteiger partial charge is 0.256 e. The molecule has 186 valence electrons. The van der Waals surface area contributed by atoms with Gasteiger partial charge in [-0.05, 0) is 30.0 Å². The lowest BCUT2D eigenvalue weighted by Gasteiger charge is -2.33. The molecule has 2 heterocycles. The summed E-state index contributed by atoms with van der Waals surface area (Å²) in [5.74, 6) is -0.964. The Hall–Kier alpha value is -3.41. The van der Waals surface area contributed by atoms with Crippen molar-refractivity contribution in [1.82, 2.24) is 9.80 Å². The molecule has 0 aromatic heterocycles. The van der Waals surface area contributed by atoms with Crippen molar-refractivity contribution in [3.8, 4) is 6.07 Å². The van der Waals surface area contributed by atoms with Gasteiger partial charge in [0.1, 0.15) is 12.1 Å². The van der Waals surface area contributed by atoms with Crippen LogP contribution in [0.25, 0.3) is 0 Å². The molecule has 1 saturated carbocycles. The topological polar surface area (TPSA) is 114 Å². The van der Waals surface area contributed by atoms with E-state index in [-0.39, 0.29) is 35.4 Å². The average molecular weight is 507 g/mol. The van der Waals surface area contributed by atoms with Crippen molar-refractivity contribution in [3.63, 3.8) is 0 Å². The number of hydrogen-bond acceptors (Lipinski definition) is 5. The van der Waals surface area contributed by atoms with Gasteiger partial charge in [-0.25, -0.2) is 0 Å². The predicted octanol–water partition coefficient (Wildman–Crippen LogP) is 3.02. The Labute approximate surface area is 214 Å². The van der Waals surface area contributed by atoms with Crippen LogP contribution in [0.15, 0.2) is 48.5 Å². The van der Waals surface area contributed by atoms with Crippen LogP contribution in [0.5, 0.6) is 0 Å². The summed E-state index contributed by atoms with van der Waals surface area (Å²) in [5, 5.41) is 23.9. The van der Waals surface area contributed by atoms with Crippen LogP contribution < -0.4 is 5.32 Å². The van der Waals surface area contributed by atoms with Gasteiger partial charge in [0, 0.05) is 36.3 Å². The van der Waals surface area contributed by atoms with Crippen molar-refractivity contribution < 1.29 is 19.5 Å². The summed E-state index contributed by atoms with van der Waals surface area (Å²) in [5.41, 5.74) is 0.736. The van der Waals surface area contributed by atoms with Crippen LogP contribution in [0.4, 0.5) is 5.69 Å². The van der Waals surface area contributed by atoms with E-state index in [1.807, 2.05) is 24.3 Å². The number of aliphatic hydroxyl groups is 1. The van der Waals surface area contributed by atoms with Crippen LogP contribution in [0.2, 0.25) is 5.02 Å². The Kier molecular flexibility index (Phi) is 6.23. The maximum absolute atomic E-state index is 14.0. The average Bonchev–Trinajstić information content (AvgIpc) is 3.56. The third-order valence-electron chi connectivity index (χ3n) is 7.70. The van der Waals surface area contributed by atoms with Crippen molar-refractivity contribution in [2.75, 3.05) is 18.9 Å². The standard InChI is InChI=1S/C27H27ClN4O4/c1-31(25(35)23(33)18-6-2-4-8-20(18)28)22(12-16-10-11-16)24(34)32-15-27(13-17(32)14-29)19-7-3-5-9-21(19)30-26(27)36/h2-9,16-17,22-23,33H,10-13,15H2,1H3,(H,30,36)/t17-,22-,23+,27-/m0/s1. The van der Waals surface area contributed by atoms with E-state index in [0.29, 0.717) is 18.0 Å². The predicted molar refractivity (Wildman–Crippen MR) is 133 cm³/mol. The largest absolute Gasteiger partial charge is 0.378 e. The van der Waals surface area contributed by atoms with Crippen molar-refractivity contribution in [3.05, 3.63) is 64.7 Å². The van der Waals surface area contributed by atoms with Gasteiger partial charge in [0.15, 0.2) is 6.10 Å². The number of nitriles is 1. The molecule has 36 heavy (non-hydrogen) atoms. The molecule has 0 bridgehead atoms. The van der Waals surface area contributed by atoms with Crippen LogP contribution in [0.1, 0.15) is 42.9 Å².